The van der Waals surface area contributed by atoms with Gasteiger partial charge in [0.1, 0.15) is 0 Å². The fourth-order valence-corrected chi connectivity index (χ4v) is 1.66. The summed E-state index contributed by atoms with van der Waals surface area (Å²) in [6.45, 7) is 3.25. The van der Waals surface area contributed by atoms with Gasteiger partial charge in [0.2, 0.25) is 0 Å². The smallest absolute Gasteiger partial charge is 0.358 e. The minimum Gasteiger partial charge on any atom is -0.476 e. The second-order valence-corrected chi connectivity index (χ2v) is 3.76. The molecule has 0 atom stereocenters. The Kier molecular flexibility index (Phi) is 3.38. The van der Waals surface area contributed by atoms with E-state index in [4.69, 9.17) is 10.8 Å². The van der Waals surface area contributed by atoms with E-state index >= 15 is 0 Å². The van der Waals surface area contributed by atoms with E-state index in [1.807, 2.05) is 13.1 Å². The molecule has 0 aliphatic rings. The molecule has 2 aromatic rings. The Morgan fingerprint density at radius 1 is 1.56 bits per heavy atom. The second kappa shape index (κ2) is 4.96. The summed E-state index contributed by atoms with van der Waals surface area (Å²) in [4.78, 5) is 10.9. The van der Waals surface area contributed by atoms with E-state index in [1.165, 1.54) is 4.68 Å². The van der Waals surface area contributed by atoms with Crippen molar-refractivity contribution in [2.45, 2.75) is 26.6 Å². The van der Waals surface area contributed by atoms with Gasteiger partial charge in [0.05, 0.1) is 18.4 Å². The van der Waals surface area contributed by atoms with Crippen LogP contribution in [0, 0.1) is 0 Å². The minimum atomic E-state index is -1.12. The Balaban J connectivity index is 2.26. The van der Waals surface area contributed by atoms with Crippen LogP contribution in [0.25, 0.3) is 0 Å². The molecular formula is C10H14N6O2. The number of aryl methyl sites for hydroxylation is 1. The molecule has 8 heteroatoms. The number of aromatic carboxylic acids is 1. The van der Waals surface area contributed by atoms with E-state index in [9.17, 15) is 4.79 Å². The maximum Gasteiger partial charge on any atom is 0.358 e. The number of carbonyl (C=O) groups is 1. The lowest BCUT2D eigenvalue weighted by Gasteiger charge is -2.02. The number of aromatic nitrogens is 5. The van der Waals surface area contributed by atoms with Crippen LogP contribution in [0.1, 0.15) is 28.7 Å². The summed E-state index contributed by atoms with van der Waals surface area (Å²) in [6.07, 6.45) is 3.59. The van der Waals surface area contributed by atoms with Crippen molar-refractivity contribution >= 4 is 5.97 Å². The molecule has 0 unspecified atom stereocenters. The summed E-state index contributed by atoms with van der Waals surface area (Å²) in [5.41, 5.74) is 6.77. The molecule has 3 N–H and O–H groups in total. The lowest BCUT2D eigenvalue weighted by molar-refractivity contribution is 0.0689. The summed E-state index contributed by atoms with van der Waals surface area (Å²) in [7, 11) is 0. The molecule has 0 bridgehead atoms. The van der Waals surface area contributed by atoms with Crippen LogP contribution in [-0.2, 0) is 19.6 Å². The molecule has 0 fully saturated rings. The summed E-state index contributed by atoms with van der Waals surface area (Å²) in [6, 6.07) is 0. The first-order chi connectivity index (χ1) is 8.65. The Labute approximate surface area is 103 Å². The highest BCUT2D eigenvalue weighted by Gasteiger charge is 2.17. The summed E-state index contributed by atoms with van der Waals surface area (Å²) >= 11 is 0. The van der Waals surface area contributed by atoms with Crippen molar-refractivity contribution in [1.29, 1.82) is 0 Å². The van der Waals surface area contributed by atoms with Crippen molar-refractivity contribution in [2.75, 3.05) is 0 Å². The van der Waals surface area contributed by atoms with E-state index < -0.39 is 5.97 Å². The maximum atomic E-state index is 10.9. The first kappa shape index (κ1) is 12.2. The number of carboxylic acids is 1. The molecule has 18 heavy (non-hydrogen) atoms. The molecule has 96 valence electrons. The van der Waals surface area contributed by atoms with Gasteiger partial charge in [-0.3, -0.25) is 4.68 Å². The number of rotatable bonds is 5. The first-order valence-corrected chi connectivity index (χ1v) is 5.52. The maximum absolute atomic E-state index is 10.9. The zero-order chi connectivity index (χ0) is 13.1. The van der Waals surface area contributed by atoms with Crippen LogP contribution in [0.2, 0.25) is 0 Å². The highest BCUT2D eigenvalue weighted by Crippen LogP contribution is 2.08. The molecule has 8 nitrogen and oxygen atoms in total. The first-order valence-electron chi connectivity index (χ1n) is 5.52. The lowest BCUT2D eigenvalue weighted by atomic mass is 10.3. The molecule has 0 aliphatic carbocycles. The van der Waals surface area contributed by atoms with Crippen molar-refractivity contribution in [3.05, 3.63) is 29.3 Å². The van der Waals surface area contributed by atoms with Gasteiger partial charge in [-0.05, 0) is 6.92 Å². The normalized spacial score (nSPS) is 10.8. The highest BCUT2D eigenvalue weighted by molar-refractivity contribution is 5.86. The SMILES string of the molecule is CCn1cc(Cn2nnc(C(=O)O)c2CN)cn1. The lowest BCUT2D eigenvalue weighted by Crippen LogP contribution is -2.13. The van der Waals surface area contributed by atoms with E-state index in [0.29, 0.717) is 12.2 Å². The van der Waals surface area contributed by atoms with E-state index in [1.54, 1.807) is 10.9 Å². The molecule has 0 saturated heterocycles. The standard InChI is InChI=1S/C10H14N6O2/c1-2-15-5-7(4-12-15)6-16-8(3-11)9(10(17)18)13-14-16/h4-5H,2-3,6,11H2,1H3,(H,17,18). The third-order valence-corrected chi connectivity index (χ3v) is 2.58. The van der Waals surface area contributed by atoms with Crippen molar-refractivity contribution in [3.8, 4) is 0 Å². The zero-order valence-corrected chi connectivity index (χ0v) is 9.94. The number of nitrogens with two attached hydrogens (primary N) is 1. The fraction of sp³-hybridized carbons (Fsp3) is 0.400. The topological polar surface area (TPSA) is 112 Å². The number of hydrogen-bond acceptors (Lipinski definition) is 5. The van der Waals surface area contributed by atoms with Crippen LogP contribution in [0.3, 0.4) is 0 Å². The summed E-state index contributed by atoms with van der Waals surface area (Å²) < 4.78 is 3.27. The third-order valence-electron chi connectivity index (χ3n) is 2.58. The van der Waals surface area contributed by atoms with Gasteiger partial charge in [-0.2, -0.15) is 5.10 Å². The van der Waals surface area contributed by atoms with Crippen LogP contribution in [0.15, 0.2) is 12.4 Å². The van der Waals surface area contributed by atoms with Crippen LogP contribution >= 0.6 is 0 Å². The molecule has 0 saturated carbocycles. The van der Waals surface area contributed by atoms with Gasteiger partial charge >= 0.3 is 5.97 Å². The molecule has 0 aromatic carbocycles. The van der Waals surface area contributed by atoms with Gasteiger partial charge in [0, 0.05) is 24.8 Å². The van der Waals surface area contributed by atoms with E-state index in [0.717, 1.165) is 12.1 Å². The molecule has 2 heterocycles. The van der Waals surface area contributed by atoms with Crippen molar-refractivity contribution in [3.63, 3.8) is 0 Å². The molecule has 0 spiro atoms. The van der Waals surface area contributed by atoms with Gasteiger partial charge in [0.15, 0.2) is 5.69 Å². The summed E-state index contributed by atoms with van der Waals surface area (Å²) in [5.74, 6) is -1.12. The highest BCUT2D eigenvalue weighted by atomic mass is 16.4. The molecule has 2 aromatic heterocycles. The minimum absolute atomic E-state index is 0.0799. The molecule has 0 aliphatic heterocycles. The Morgan fingerprint density at radius 2 is 2.33 bits per heavy atom. The van der Waals surface area contributed by atoms with Gasteiger partial charge in [-0.15, -0.1) is 5.10 Å². The van der Waals surface area contributed by atoms with E-state index in [2.05, 4.69) is 15.4 Å². The van der Waals surface area contributed by atoms with Crippen LogP contribution in [0.4, 0.5) is 0 Å². The van der Waals surface area contributed by atoms with Crippen molar-refractivity contribution < 1.29 is 9.90 Å². The van der Waals surface area contributed by atoms with Crippen LogP contribution < -0.4 is 5.73 Å². The number of nitrogens with zero attached hydrogens (tertiary/aromatic N) is 5. The summed E-state index contributed by atoms with van der Waals surface area (Å²) in [5, 5.41) is 20.5. The van der Waals surface area contributed by atoms with Crippen LogP contribution in [-0.4, -0.2) is 35.9 Å². The predicted molar refractivity (Wildman–Crippen MR) is 61.9 cm³/mol. The van der Waals surface area contributed by atoms with E-state index in [-0.39, 0.29) is 12.2 Å². The molecule has 0 radical (unpaired) electrons. The average Bonchev–Trinajstić information content (AvgIpc) is 2.95. The van der Waals surface area contributed by atoms with Gasteiger partial charge in [0.25, 0.3) is 0 Å². The Hall–Kier alpha value is -2.22. The van der Waals surface area contributed by atoms with Crippen molar-refractivity contribution in [2.24, 2.45) is 5.73 Å². The predicted octanol–water partition coefficient (Wildman–Crippen LogP) is -0.300. The molecule has 0 amide bonds. The second-order valence-electron chi connectivity index (χ2n) is 3.76. The Morgan fingerprint density at radius 3 is 2.89 bits per heavy atom. The quantitative estimate of drug-likeness (QED) is 0.753. The fourth-order valence-electron chi connectivity index (χ4n) is 1.66. The van der Waals surface area contributed by atoms with Crippen LogP contribution in [0.5, 0.6) is 0 Å². The largest absolute Gasteiger partial charge is 0.476 e. The van der Waals surface area contributed by atoms with Crippen molar-refractivity contribution in [1.82, 2.24) is 24.8 Å². The van der Waals surface area contributed by atoms with Gasteiger partial charge in [-0.25, -0.2) is 9.48 Å². The molecule has 2 rings (SSSR count). The number of carboxylic acid groups (broad SMARTS) is 1. The van der Waals surface area contributed by atoms with Gasteiger partial charge in [-0.1, -0.05) is 5.21 Å². The third kappa shape index (κ3) is 2.23. The van der Waals surface area contributed by atoms with Gasteiger partial charge < -0.3 is 10.8 Å². The average molecular weight is 250 g/mol. The monoisotopic (exact) mass is 250 g/mol. The number of hydrogen-bond donors (Lipinski definition) is 2. The zero-order valence-electron chi connectivity index (χ0n) is 9.94. The molecular weight excluding hydrogens is 236 g/mol. The Bertz CT molecular complexity index is 558.